The van der Waals surface area contributed by atoms with Gasteiger partial charge in [0.25, 0.3) is 16.0 Å². The van der Waals surface area contributed by atoms with Crippen LogP contribution in [-0.2, 0) is 16.5 Å². The van der Waals surface area contributed by atoms with E-state index in [1.807, 2.05) is 0 Å². The van der Waals surface area contributed by atoms with Crippen LogP contribution in [0.1, 0.15) is 22.8 Å². The van der Waals surface area contributed by atoms with Gasteiger partial charge < -0.3 is 15.2 Å². The monoisotopic (exact) mass is 595 g/mol. The minimum Gasteiger partial charge on any atom is -0.870 e. The van der Waals surface area contributed by atoms with E-state index in [0.29, 0.717) is 39.2 Å². The second-order valence-corrected chi connectivity index (χ2v) is 10.3. The predicted molar refractivity (Wildman–Crippen MR) is 144 cm³/mol. The third-order valence-electron chi connectivity index (χ3n) is 5.67. The molecule has 0 spiro atoms. The van der Waals surface area contributed by atoms with Crippen molar-refractivity contribution in [2.75, 3.05) is 12.4 Å². The number of anilines is 1. The standard InChI is InChI=1S/C26H21Cl2N3O6S.Na/c1-3-14-11-21(23(13-20(14)28)38(34,35)36)30-31-24-17-7-5-4-6-15(17)10-18(25(24)32)26(33)29-16-8-9-19(27)22(12-16)37-2;/h4-13,32H,3H2,1-2H3,(H,29,33)(H,34,35,36);/q;+1/p-1. The predicted octanol–water partition coefficient (Wildman–Crippen LogP) is 3.71. The number of rotatable bonds is 7. The van der Waals surface area contributed by atoms with Gasteiger partial charge in [0.15, 0.2) is 0 Å². The fourth-order valence-corrected chi connectivity index (χ4v) is 4.95. The number of benzene rings is 4. The number of azo groups is 1. The molecule has 0 fully saturated rings. The van der Waals surface area contributed by atoms with Gasteiger partial charge in [0, 0.05) is 27.7 Å². The van der Waals surface area contributed by atoms with Gasteiger partial charge in [0.1, 0.15) is 16.3 Å². The van der Waals surface area contributed by atoms with Crippen LogP contribution in [0.2, 0.25) is 10.0 Å². The van der Waals surface area contributed by atoms with Crippen molar-refractivity contribution in [3.8, 4) is 11.5 Å². The summed E-state index contributed by atoms with van der Waals surface area (Å²) in [5.74, 6) is -1.10. The summed E-state index contributed by atoms with van der Waals surface area (Å²) in [6.45, 7) is 1.80. The van der Waals surface area contributed by atoms with Crippen molar-refractivity contribution in [2.45, 2.75) is 18.2 Å². The van der Waals surface area contributed by atoms with Crippen molar-refractivity contribution >= 4 is 67.1 Å². The van der Waals surface area contributed by atoms with Gasteiger partial charge in [-0.2, -0.15) is 13.5 Å². The topological polar surface area (TPSA) is 140 Å². The van der Waals surface area contributed by atoms with Gasteiger partial charge in [-0.25, -0.2) is 0 Å². The first-order chi connectivity index (χ1) is 18.0. The second kappa shape index (κ2) is 12.6. The van der Waals surface area contributed by atoms with Gasteiger partial charge in [-0.05, 0) is 47.7 Å². The number of methoxy groups -OCH3 is 1. The Bertz CT molecular complexity index is 1710. The molecule has 9 nitrogen and oxygen atoms in total. The first-order valence-corrected chi connectivity index (χ1v) is 13.3. The summed E-state index contributed by atoms with van der Waals surface area (Å²) in [6.07, 6.45) is 0.452. The maximum Gasteiger partial charge on any atom is 1.00 e. The molecule has 0 aliphatic heterocycles. The van der Waals surface area contributed by atoms with E-state index in [4.69, 9.17) is 27.9 Å². The van der Waals surface area contributed by atoms with E-state index in [1.165, 1.54) is 31.4 Å². The number of fused-ring (bicyclic) bond motifs is 1. The number of carbonyl (C=O) groups is 1. The average molecular weight is 596 g/mol. The minimum atomic E-state index is -4.70. The van der Waals surface area contributed by atoms with Crippen LogP contribution in [0.5, 0.6) is 11.5 Å². The van der Waals surface area contributed by atoms with E-state index in [2.05, 4.69) is 15.5 Å². The Morgan fingerprint density at radius 3 is 2.44 bits per heavy atom. The van der Waals surface area contributed by atoms with E-state index in [9.17, 15) is 22.9 Å². The number of hydrogen-bond acceptors (Lipinski definition) is 7. The summed E-state index contributed by atoms with van der Waals surface area (Å²) < 4.78 is 38.7. The van der Waals surface area contributed by atoms with E-state index in [1.54, 1.807) is 37.3 Å². The molecule has 0 bridgehead atoms. The molecule has 1 amide bonds. The van der Waals surface area contributed by atoms with E-state index < -0.39 is 26.7 Å². The van der Waals surface area contributed by atoms with Crippen LogP contribution in [0.15, 0.2) is 75.8 Å². The molecular formula is C26H20Cl2N3NaO6S. The van der Waals surface area contributed by atoms with E-state index in [0.717, 1.165) is 6.07 Å². The molecule has 0 unspecified atom stereocenters. The number of nitrogens with one attached hydrogen (secondary N) is 1. The van der Waals surface area contributed by atoms with Gasteiger partial charge in [-0.3, -0.25) is 9.35 Å². The van der Waals surface area contributed by atoms with Gasteiger partial charge in [0.2, 0.25) is 0 Å². The Hall–Kier alpha value is -2.70. The molecule has 13 heteroatoms. The Labute approximate surface area is 256 Å². The van der Waals surface area contributed by atoms with Gasteiger partial charge in [-0.1, -0.05) is 60.1 Å². The summed E-state index contributed by atoms with van der Waals surface area (Å²) in [6, 6.07) is 15.2. The Kier molecular flexibility index (Phi) is 10.0. The van der Waals surface area contributed by atoms with E-state index >= 15 is 0 Å². The van der Waals surface area contributed by atoms with Crippen molar-refractivity contribution in [3.63, 3.8) is 0 Å². The molecule has 39 heavy (non-hydrogen) atoms. The zero-order valence-corrected chi connectivity index (χ0v) is 25.4. The summed E-state index contributed by atoms with van der Waals surface area (Å²) in [5.41, 5.74) is 0.299. The normalized spacial score (nSPS) is 11.4. The largest absolute Gasteiger partial charge is 1.00 e. The quantitative estimate of drug-likeness (QED) is 0.189. The molecule has 0 heterocycles. The Morgan fingerprint density at radius 2 is 1.77 bits per heavy atom. The Balaban J connectivity index is 0.00000420. The van der Waals surface area contributed by atoms with Crippen molar-refractivity contribution < 1.29 is 57.2 Å². The van der Waals surface area contributed by atoms with Crippen molar-refractivity contribution in [3.05, 3.63) is 81.8 Å². The number of ether oxygens (including phenoxy) is 1. The van der Waals surface area contributed by atoms with E-state index in [-0.39, 0.29) is 51.5 Å². The first kappa shape index (κ1) is 30.8. The molecule has 0 aliphatic rings. The zero-order valence-electron chi connectivity index (χ0n) is 21.0. The van der Waals surface area contributed by atoms with Crippen molar-refractivity contribution in [1.82, 2.24) is 0 Å². The van der Waals surface area contributed by atoms with Crippen molar-refractivity contribution in [1.29, 1.82) is 0 Å². The van der Waals surface area contributed by atoms with Crippen LogP contribution in [0.3, 0.4) is 0 Å². The number of hydrogen-bond donors (Lipinski definition) is 2. The third-order valence-corrected chi connectivity index (χ3v) is 7.22. The zero-order chi connectivity index (χ0) is 27.6. The molecule has 0 aromatic heterocycles. The number of aryl methyl sites for hydroxylation is 1. The van der Waals surface area contributed by atoms with Crippen LogP contribution in [0, 0.1) is 0 Å². The molecule has 2 N–H and O–H groups in total. The van der Waals surface area contributed by atoms with Crippen molar-refractivity contribution in [2.24, 2.45) is 10.2 Å². The van der Waals surface area contributed by atoms with Gasteiger partial charge >= 0.3 is 29.6 Å². The first-order valence-electron chi connectivity index (χ1n) is 11.1. The molecule has 4 aromatic carbocycles. The maximum absolute atomic E-state index is 13.4. The molecule has 4 aromatic rings. The number of carbonyl (C=O) groups excluding carboxylic acids is 1. The smallest absolute Gasteiger partial charge is 0.870 e. The second-order valence-electron chi connectivity index (χ2n) is 8.07. The fraction of sp³-hybridized carbons (Fsp3) is 0.115. The molecular weight excluding hydrogens is 576 g/mol. The molecule has 4 rings (SSSR count). The van der Waals surface area contributed by atoms with Crippen LogP contribution in [0.4, 0.5) is 17.1 Å². The Morgan fingerprint density at radius 1 is 1.05 bits per heavy atom. The molecule has 0 saturated heterocycles. The summed E-state index contributed by atoms with van der Waals surface area (Å²) in [7, 11) is -3.27. The molecule has 0 saturated carbocycles. The summed E-state index contributed by atoms with van der Waals surface area (Å²) in [5, 5.41) is 25.5. The third kappa shape index (κ3) is 6.72. The summed E-state index contributed by atoms with van der Waals surface area (Å²) in [4.78, 5) is 12.5. The van der Waals surface area contributed by atoms with Crippen LogP contribution in [-0.4, -0.2) is 26.0 Å². The molecule has 0 aliphatic carbocycles. The minimum absolute atomic E-state index is 0. The summed E-state index contributed by atoms with van der Waals surface area (Å²) >= 11 is 12.2. The van der Waals surface area contributed by atoms with Crippen LogP contribution < -0.4 is 44.7 Å². The molecule has 196 valence electrons. The van der Waals surface area contributed by atoms with Crippen LogP contribution >= 0.6 is 23.2 Å². The number of amides is 1. The molecule has 0 atom stereocenters. The molecule has 0 radical (unpaired) electrons. The number of halogens is 2. The fourth-order valence-electron chi connectivity index (χ4n) is 3.76. The van der Waals surface area contributed by atoms with Gasteiger partial charge in [0.05, 0.1) is 17.8 Å². The van der Waals surface area contributed by atoms with Gasteiger partial charge in [-0.15, -0.1) is 5.11 Å². The van der Waals surface area contributed by atoms with Crippen LogP contribution in [0.25, 0.3) is 10.8 Å². The maximum atomic E-state index is 13.4. The number of nitrogens with zero attached hydrogens (tertiary/aromatic N) is 2. The average Bonchev–Trinajstić information content (AvgIpc) is 2.88. The SMILES string of the molecule is CCc1cc(N=Nc2c([O-])c(C(=O)Nc3ccc(Cl)c(OC)c3)cc3ccccc23)c(S(=O)(=O)O)cc1Cl.[Na+].